The number of rotatable bonds is 10. The van der Waals surface area contributed by atoms with Crippen molar-refractivity contribution in [2.24, 2.45) is 0 Å². The van der Waals surface area contributed by atoms with E-state index in [-0.39, 0.29) is 30.7 Å². The van der Waals surface area contributed by atoms with Gasteiger partial charge in [-0.15, -0.1) is 11.8 Å². The summed E-state index contributed by atoms with van der Waals surface area (Å²) in [5.74, 6) is -0.458. The van der Waals surface area contributed by atoms with Gasteiger partial charge in [0.2, 0.25) is 5.91 Å². The topological polar surface area (TPSA) is 67.9 Å². The first-order chi connectivity index (χ1) is 17.9. The van der Waals surface area contributed by atoms with E-state index in [2.05, 4.69) is 26.1 Å². The van der Waals surface area contributed by atoms with Crippen LogP contribution >= 0.6 is 50.6 Å². The van der Waals surface area contributed by atoms with E-state index >= 15 is 0 Å². The monoisotopic (exact) mass is 622 g/mol. The maximum absolute atomic E-state index is 13.4. The predicted octanol–water partition coefficient (Wildman–Crippen LogP) is 6.11. The molecule has 1 amide bonds. The van der Waals surface area contributed by atoms with Gasteiger partial charge in [-0.2, -0.15) is 11.3 Å². The van der Waals surface area contributed by atoms with Crippen LogP contribution < -0.4 is 10.2 Å². The van der Waals surface area contributed by atoms with E-state index in [4.69, 9.17) is 21.1 Å². The molecule has 1 aliphatic heterocycles. The van der Waals surface area contributed by atoms with Gasteiger partial charge in [-0.25, -0.2) is 0 Å². The quantitative estimate of drug-likeness (QED) is 0.217. The molecule has 1 aromatic heterocycles. The molecule has 4 rings (SSSR count). The zero-order chi connectivity index (χ0) is 26.3. The van der Waals surface area contributed by atoms with Gasteiger partial charge >= 0.3 is 5.97 Å². The summed E-state index contributed by atoms with van der Waals surface area (Å²) >= 11 is 12.9. The molecule has 6 nitrogen and oxygen atoms in total. The Kier molecular flexibility index (Phi) is 9.95. The fourth-order valence-electron chi connectivity index (χ4n) is 4.31. The number of carbonyl (C=O) groups excluding carboxylic acids is 2. The van der Waals surface area contributed by atoms with Gasteiger partial charge in [0.05, 0.1) is 42.7 Å². The molecule has 0 saturated carbocycles. The van der Waals surface area contributed by atoms with Gasteiger partial charge < -0.3 is 19.7 Å². The zero-order valence-electron chi connectivity index (χ0n) is 20.4. The summed E-state index contributed by atoms with van der Waals surface area (Å²) in [5, 5.41) is 7.70. The van der Waals surface area contributed by atoms with Crippen LogP contribution in [0.5, 0.6) is 0 Å². The number of amides is 1. The Labute approximate surface area is 238 Å². The molecule has 0 radical (unpaired) electrons. The lowest BCUT2D eigenvalue weighted by molar-refractivity contribution is -0.144. The summed E-state index contributed by atoms with van der Waals surface area (Å²) in [6.45, 7) is 4.98. The number of nitrogens with zero attached hydrogens (tertiary/aromatic N) is 1. The van der Waals surface area contributed by atoms with Crippen LogP contribution in [0.1, 0.15) is 24.5 Å². The number of ether oxygens (including phenoxy) is 2. The van der Waals surface area contributed by atoms with Gasteiger partial charge in [0.25, 0.3) is 0 Å². The molecule has 3 aromatic rings. The molecule has 0 spiro atoms. The first-order valence-electron chi connectivity index (χ1n) is 11.9. The van der Waals surface area contributed by atoms with Gasteiger partial charge in [0.15, 0.2) is 0 Å². The van der Waals surface area contributed by atoms with Gasteiger partial charge in [0.1, 0.15) is 5.54 Å². The van der Waals surface area contributed by atoms with Crippen molar-refractivity contribution >= 4 is 68.2 Å². The van der Waals surface area contributed by atoms with Crippen molar-refractivity contribution in [1.82, 2.24) is 5.32 Å². The number of morpholine rings is 1. The van der Waals surface area contributed by atoms with E-state index in [1.54, 1.807) is 13.0 Å². The Morgan fingerprint density at radius 3 is 2.65 bits per heavy atom. The van der Waals surface area contributed by atoms with E-state index in [9.17, 15) is 9.59 Å². The van der Waals surface area contributed by atoms with Gasteiger partial charge in [0, 0.05) is 22.5 Å². The number of anilines is 1. The Morgan fingerprint density at radius 1 is 1.19 bits per heavy atom. The van der Waals surface area contributed by atoms with E-state index in [1.807, 2.05) is 53.2 Å². The minimum absolute atomic E-state index is 0.0383. The molecule has 1 saturated heterocycles. The van der Waals surface area contributed by atoms with Crippen molar-refractivity contribution < 1.29 is 19.1 Å². The smallest absolute Gasteiger partial charge is 0.308 e. The third kappa shape index (κ3) is 6.89. The molecule has 2 aromatic carbocycles. The lowest BCUT2D eigenvalue weighted by Crippen LogP contribution is -2.49. The minimum Gasteiger partial charge on any atom is -0.466 e. The fourth-order valence-corrected chi connectivity index (χ4v) is 6.71. The third-order valence-electron chi connectivity index (χ3n) is 6.07. The number of nitrogens with one attached hydrogen (secondary N) is 1. The number of halogens is 2. The number of hydrogen-bond donors (Lipinski definition) is 1. The van der Waals surface area contributed by atoms with Crippen LogP contribution in [-0.4, -0.2) is 50.5 Å². The fraction of sp³-hybridized carbons (Fsp3) is 0.333. The lowest BCUT2D eigenvalue weighted by Gasteiger charge is -2.36. The molecule has 1 unspecified atom stereocenters. The second-order valence-corrected chi connectivity index (χ2v) is 11.5. The summed E-state index contributed by atoms with van der Waals surface area (Å²) in [5.41, 5.74) is 1.56. The van der Waals surface area contributed by atoms with Crippen molar-refractivity contribution in [3.05, 3.63) is 79.9 Å². The molecular weight excluding hydrogens is 596 g/mol. The molecule has 196 valence electrons. The molecule has 1 N–H and O–H groups in total. The Hall–Kier alpha value is -2.04. The predicted molar refractivity (Wildman–Crippen MR) is 154 cm³/mol. The van der Waals surface area contributed by atoms with Gasteiger partial charge in [-0.1, -0.05) is 29.8 Å². The molecule has 0 bridgehead atoms. The van der Waals surface area contributed by atoms with Crippen LogP contribution in [-0.2, 0) is 24.6 Å². The van der Waals surface area contributed by atoms with E-state index in [0.717, 1.165) is 39.3 Å². The number of benzene rings is 2. The molecule has 0 aliphatic carbocycles. The van der Waals surface area contributed by atoms with E-state index < -0.39 is 5.54 Å². The normalized spacial score (nSPS) is 15.2. The summed E-state index contributed by atoms with van der Waals surface area (Å²) in [6.07, 6.45) is -0.0383. The number of hydrogen-bond acceptors (Lipinski definition) is 7. The maximum Gasteiger partial charge on any atom is 0.308 e. The molecule has 37 heavy (non-hydrogen) atoms. The van der Waals surface area contributed by atoms with Crippen LogP contribution in [0.25, 0.3) is 0 Å². The first kappa shape index (κ1) is 28.0. The highest BCUT2D eigenvalue weighted by molar-refractivity contribution is 9.10. The average molecular weight is 624 g/mol. The number of carbonyl (C=O) groups is 2. The average Bonchev–Trinajstić information content (AvgIpc) is 3.44. The SMILES string of the molecule is CCOC(=O)CC(NC(=O)CSc1ccccc1Cl)(c1ccsc1)c1ccc(N2CCOCC2)c(Br)c1. The Bertz CT molecular complexity index is 1220. The Balaban J connectivity index is 1.69. The summed E-state index contributed by atoms with van der Waals surface area (Å²) in [6, 6.07) is 15.4. The van der Waals surface area contributed by atoms with Gasteiger partial charge in [-0.05, 0) is 75.1 Å². The molecule has 1 aliphatic rings. The minimum atomic E-state index is -1.10. The highest BCUT2D eigenvalue weighted by atomic mass is 79.9. The van der Waals surface area contributed by atoms with Crippen LogP contribution in [0.3, 0.4) is 0 Å². The number of thioether (sulfide) groups is 1. The highest BCUT2D eigenvalue weighted by Gasteiger charge is 2.40. The van der Waals surface area contributed by atoms with Crippen molar-refractivity contribution in [1.29, 1.82) is 0 Å². The maximum atomic E-state index is 13.4. The number of thiophene rings is 1. The van der Waals surface area contributed by atoms with Crippen LogP contribution in [0.2, 0.25) is 5.02 Å². The second kappa shape index (κ2) is 13.2. The van der Waals surface area contributed by atoms with Crippen LogP contribution in [0.15, 0.2) is 68.7 Å². The van der Waals surface area contributed by atoms with Crippen molar-refractivity contribution in [3.8, 4) is 0 Å². The van der Waals surface area contributed by atoms with Crippen LogP contribution in [0.4, 0.5) is 5.69 Å². The van der Waals surface area contributed by atoms with E-state index in [1.165, 1.54) is 23.1 Å². The summed E-state index contributed by atoms with van der Waals surface area (Å²) in [4.78, 5) is 29.4. The standard InChI is InChI=1S/C27H28BrClN2O4S2/c1-2-35-26(33)16-27(20-9-14-36-17-20,30-25(32)18-37-24-6-4-3-5-22(24)29)19-7-8-23(21(28)15-19)31-10-12-34-13-11-31/h3-9,14-15,17H,2,10-13,16,18H2,1H3,(H,30,32). The second-order valence-electron chi connectivity index (χ2n) is 8.43. The van der Waals surface area contributed by atoms with Crippen molar-refractivity contribution in [2.45, 2.75) is 23.8 Å². The zero-order valence-corrected chi connectivity index (χ0v) is 24.4. The molecular formula is C27H28BrClN2O4S2. The van der Waals surface area contributed by atoms with Crippen LogP contribution in [0, 0.1) is 0 Å². The first-order valence-corrected chi connectivity index (χ1v) is 15.0. The summed E-state index contributed by atoms with van der Waals surface area (Å²) < 4.78 is 11.7. The van der Waals surface area contributed by atoms with Gasteiger partial charge in [-0.3, -0.25) is 9.59 Å². The highest BCUT2D eigenvalue weighted by Crippen LogP contribution is 2.39. The lowest BCUT2D eigenvalue weighted by atomic mass is 9.81. The molecule has 10 heteroatoms. The number of esters is 1. The molecule has 1 fully saturated rings. The largest absolute Gasteiger partial charge is 0.466 e. The molecule has 1 atom stereocenters. The van der Waals surface area contributed by atoms with E-state index in [0.29, 0.717) is 18.2 Å². The third-order valence-corrected chi connectivity index (χ3v) is 8.90. The Morgan fingerprint density at radius 2 is 1.97 bits per heavy atom. The van der Waals surface area contributed by atoms with Crippen molar-refractivity contribution in [2.75, 3.05) is 43.6 Å². The molecule has 2 heterocycles. The summed E-state index contributed by atoms with van der Waals surface area (Å²) in [7, 11) is 0. The van der Waals surface area contributed by atoms with Crippen molar-refractivity contribution in [3.63, 3.8) is 0 Å².